The molecule has 96 valence electrons. The van der Waals surface area contributed by atoms with Gasteiger partial charge in [-0.05, 0) is 19.9 Å². The summed E-state index contributed by atoms with van der Waals surface area (Å²) in [7, 11) is 0. The van der Waals surface area contributed by atoms with Gasteiger partial charge in [-0.25, -0.2) is 9.97 Å². The van der Waals surface area contributed by atoms with Gasteiger partial charge in [0.25, 0.3) is 0 Å². The molecule has 2 aromatic rings. The van der Waals surface area contributed by atoms with Gasteiger partial charge in [0.1, 0.15) is 12.4 Å². The first-order valence-corrected chi connectivity index (χ1v) is 5.98. The van der Waals surface area contributed by atoms with Crippen LogP contribution in [-0.2, 0) is 17.9 Å². The normalized spacial score (nSPS) is 10.8. The second kappa shape index (κ2) is 5.59. The smallest absolute Gasteiger partial charge is 0.157 e. The minimum atomic E-state index is 0.370. The van der Waals surface area contributed by atoms with Gasteiger partial charge in [-0.3, -0.25) is 4.68 Å². The van der Waals surface area contributed by atoms with E-state index in [0.717, 1.165) is 17.9 Å². The molecule has 2 heterocycles. The van der Waals surface area contributed by atoms with Crippen LogP contribution < -0.4 is 5.73 Å². The van der Waals surface area contributed by atoms with Crippen molar-refractivity contribution in [2.24, 2.45) is 0 Å². The van der Waals surface area contributed by atoms with Crippen LogP contribution in [0.1, 0.15) is 19.7 Å². The van der Waals surface area contributed by atoms with Gasteiger partial charge < -0.3 is 10.5 Å². The molecule has 0 unspecified atom stereocenters. The topological polar surface area (TPSA) is 78.9 Å². The zero-order chi connectivity index (χ0) is 13.0. The molecule has 6 heteroatoms. The van der Waals surface area contributed by atoms with Crippen molar-refractivity contribution >= 4 is 5.82 Å². The number of rotatable bonds is 5. The molecule has 0 saturated carbocycles. The van der Waals surface area contributed by atoms with Crippen LogP contribution in [0.3, 0.4) is 0 Å². The predicted octanol–water partition coefficient (Wildman–Crippen LogP) is 1.48. The molecule has 0 bridgehead atoms. The van der Waals surface area contributed by atoms with Gasteiger partial charge >= 0.3 is 0 Å². The third-order valence-corrected chi connectivity index (χ3v) is 2.51. The van der Waals surface area contributed by atoms with Gasteiger partial charge in [0, 0.05) is 25.4 Å². The second-order valence-corrected chi connectivity index (χ2v) is 3.76. The first-order chi connectivity index (χ1) is 8.74. The Kier molecular flexibility index (Phi) is 3.88. The Hall–Kier alpha value is -1.95. The first kappa shape index (κ1) is 12.5. The van der Waals surface area contributed by atoms with Gasteiger partial charge in [0.2, 0.25) is 0 Å². The molecule has 0 aliphatic rings. The maximum absolute atomic E-state index is 5.79. The van der Waals surface area contributed by atoms with E-state index in [1.807, 2.05) is 24.6 Å². The van der Waals surface area contributed by atoms with Crippen LogP contribution in [0.4, 0.5) is 5.82 Å². The number of anilines is 1. The zero-order valence-corrected chi connectivity index (χ0v) is 10.6. The number of ether oxygens (including phenoxy) is 1. The van der Waals surface area contributed by atoms with Crippen molar-refractivity contribution in [3.63, 3.8) is 0 Å². The summed E-state index contributed by atoms with van der Waals surface area (Å²) in [5, 5.41) is 4.22. The minimum Gasteiger partial charge on any atom is -0.384 e. The maximum atomic E-state index is 5.79. The van der Waals surface area contributed by atoms with E-state index in [-0.39, 0.29) is 0 Å². The monoisotopic (exact) mass is 247 g/mol. The van der Waals surface area contributed by atoms with Crippen molar-refractivity contribution < 1.29 is 4.74 Å². The van der Waals surface area contributed by atoms with Crippen LogP contribution in [0.25, 0.3) is 11.4 Å². The van der Waals surface area contributed by atoms with E-state index in [0.29, 0.717) is 24.9 Å². The van der Waals surface area contributed by atoms with Gasteiger partial charge in [0.05, 0.1) is 11.4 Å². The molecule has 0 aliphatic heterocycles. The Morgan fingerprint density at radius 3 is 2.89 bits per heavy atom. The minimum absolute atomic E-state index is 0.370. The number of nitrogens with zero attached hydrogens (tertiary/aromatic N) is 4. The fourth-order valence-electron chi connectivity index (χ4n) is 1.71. The molecule has 2 N–H and O–H groups in total. The van der Waals surface area contributed by atoms with Crippen molar-refractivity contribution in [2.45, 2.75) is 27.0 Å². The SMILES string of the molecule is CCOCc1nc(N)cc(-c2ccnn2CC)n1. The van der Waals surface area contributed by atoms with E-state index in [4.69, 9.17) is 10.5 Å². The quantitative estimate of drug-likeness (QED) is 0.865. The zero-order valence-electron chi connectivity index (χ0n) is 10.6. The lowest BCUT2D eigenvalue weighted by Crippen LogP contribution is -2.06. The van der Waals surface area contributed by atoms with Crippen LogP contribution in [0.15, 0.2) is 18.3 Å². The summed E-state index contributed by atoms with van der Waals surface area (Å²) in [4.78, 5) is 8.59. The second-order valence-electron chi connectivity index (χ2n) is 3.76. The highest BCUT2D eigenvalue weighted by atomic mass is 16.5. The lowest BCUT2D eigenvalue weighted by molar-refractivity contribution is 0.128. The Balaban J connectivity index is 2.35. The summed E-state index contributed by atoms with van der Waals surface area (Å²) in [6.45, 7) is 5.74. The van der Waals surface area contributed by atoms with E-state index >= 15 is 0 Å². The summed E-state index contributed by atoms with van der Waals surface area (Å²) in [6, 6.07) is 3.66. The highest BCUT2D eigenvalue weighted by Crippen LogP contribution is 2.18. The molecule has 0 atom stereocenters. The summed E-state index contributed by atoms with van der Waals surface area (Å²) in [6.07, 6.45) is 1.75. The maximum Gasteiger partial charge on any atom is 0.157 e. The molecular weight excluding hydrogens is 230 g/mol. The van der Waals surface area contributed by atoms with E-state index < -0.39 is 0 Å². The molecule has 2 aromatic heterocycles. The average Bonchev–Trinajstić information content (AvgIpc) is 2.84. The molecule has 6 nitrogen and oxygen atoms in total. The Morgan fingerprint density at radius 1 is 1.33 bits per heavy atom. The standard InChI is InChI=1S/C12H17N5O/c1-3-17-10(5-6-14-17)9-7-11(13)16-12(15-9)8-18-4-2/h5-7H,3-4,8H2,1-2H3,(H2,13,15,16). The largest absolute Gasteiger partial charge is 0.384 e. The van der Waals surface area contributed by atoms with E-state index in [2.05, 4.69) is 15.1 Å². The third kappa shape index (κ3) is 2.65. The molecule has 18 heavy (non-hydrogen) atoms. The number of hydrogen-bond donors (Lipinski definition) is 1. The molecule has 0 fully saturated rings. The molecule has 0 saturated heterocycles. The molecular formula is C12H17N5O. The summed E-state index contributed by atoms with van der Waals surface area (Å²) in [5.74, 6) is 1.04. The van der Waals surface area contributed by atoms with E-state index in [1.165, 1.54) is 0 Å². The van der Waals surface area contributed by atoms with Crippen molar-refractivity contribution in [1.82, 2.24) is 19.7 Å². The van der Waals surface area contributed by atoms with Gasteiger partial charge in [-0.15, -0.1) is 0 Å². The van der Waals surface area contributed by atoms with Crippen LogP contribution in [0, 0.1) is 0 Å². The Bertz CT molecular complexity index is 523. The first-order valence-electron chi connectivity index (χ1n) is 5.98. The summed E-state index contributed by atoms with van der Waals surface area (Å²) >= 11 is 0. The molecule has 0 spiro atoms. The van der Waals surface area contributed by atoms with Crippen molar-refractivity contribution in [1.29, 1.82) is 0 Å². The van der Waals surface area contributed by atoms with Crippen LogP contribution in [0.5, 0.6) is 0 Å². The van der Waals surface area contributed by atoms with Crippen LogP contribution in [0.2, 0.25) is 0 Å². The lowest BCUT2D eigenvalue weighted by atomic mass is 10.3. The number of aromatic nitrogens is 4. The average molecular weight is 247 g/mol. The fraction of sp³-hybridized carbons (Fsp3) is 0.417. The van der Waals surface area contributed by atoms with Gasteiger partial charge in [0.15, 0.2) is 5.82 Å². The number of nitrogen functional groups attached to an aromatic ring is 1. The Labute approximate surface area is 106 Å². The highest BCUT2D eigenvalue weighted by molar-refractivity contribution is 5.57. The fourth-order valence-corrected chi connectivity index (χ4v) is 1.71. The summed E-state index contributed by atoms with van der Waals surface area (Å²) < 4.78 is 7.17. The third-order valence-electron chi connectivity index (χ3n) is 2.51. The summed E-state index contributed by atoms with van der Waals surface area (Å²) in [5.41, 5.74) is 7.50. The molecule has 0 radical (unpaired) electrons. The van der Waals surface area contributed by atoms with Crippen molar-refractivity contribution in [3.8, 4) is 11.4 Å². The van der Waals surface area contributed by atoms with E-state index in [9.17, 15) is 0 Å². The molecule has 0 aromatic carbocycles. The number of aryl methyl sites for hydroxylation is 1. The lowest BCUT2D eigenvalue weighted by Gasteiger charge is -2.07. The molecule has 2 rings (SSSR count). The van der Waals surface area contributed by atoms with Crippen LogP contribution in [-0.4, -0.2) is 26.4 Å². The molecule has 0 amide bonds. The number of hydrogen-bond acceptors (Lipinski definition) is 5. The Morgan fingerprint density at radius 2 is 2.17 bits per heavy atom. The molecule has 0 aliphatic carbocycles. The predicted molar refractivity (Wildman–Crippen MR) is 68.7 cm³/mol. The van der Waals surface area contributed by atoms with E-state index in [1.54, 1.807) is 12.3 Å². The van der Waals surface area contributed by atoms with Gasteiger partial charge in [-0.2, -0.15) is 5.10 Å². The highest BCUT2D eigenvalue weighted by Gasteiger charge is 2.09. The van der Waals surface area contributed by atoms with Gasteiger partial charge in [-0.1, -0.05) is 0 Å². The number of nitrogens with two attached hydrogens (primary N) is 1. The van der Waals surface area contributed by atoms with Crippen molar-refractivity contribution in [2.75, 3.05) is 12.3 Å². The van der Waals surface area contributed by atoms with Crippen LogP contribution >= 0.6 is 0 Å². The van der Waals surface area contributed by atoms with Crippen molar-refractivity contribution in [3.05, 3.63) is 24.2 Å².